The average Bonchev–Trinajstić information content (AvgIpc) is 2.30. The van der Waals surface area contributed by atoms with Crippen molar-refractivity contribution in [3.63, 3.8) is 0 Å². The lowest BCUT2D eigenvalue weighted by Crippen LogP contribution is -2.26. The van der Waals surface area contributed by atoms with Gasteiger partial charge in [0.2, 0.25) is 0 Å². The maximum absolute atomic E-state index is 13.1. The van der Waals surface area contributed by atoms with Gasteiger partial charge in [0.05, 0.1) is 13.2 Å². The van der Waals surface area contributed by atoms with E-state index in [0.717, 1.165) is 18.6 Å². The first-order valence-corrected chi connectivity index (χ1v) is 5.54. The van der Waals surface area contributed by atoms with Crippen LogP contribution in [0, 0.1) is 11.6 Å². The maximum atomic E-state index is 13.1. The van der Waals surface area contributed by atoms with Crippen LogP contribution in [-0.4, -0.2) is 25.9 Å². The van der Waals surface area contributed by atoms with Gasteiger partial charge in [0.1, 0.15) is 12.4 Å². The molecular formula is C12H17F2NO2. The van der Waals surface area contributed by atoms with Crippen molar-refractivity contribution in [3.05, 3.63) is 29.8 Å². The number of rotatable bonds is 7. The van der Waals surface area contributed by atoms with E-state index in [1.54, 1.807) is 0 Å². The fourth-order valence-corrected chi connectivity index (χ4v) is 1.16. The van der Waals surface area contributed by atoms with Gasteiger partial charge in [0, 0.05) is 12.1 Å². The Kier molecular flexibility index (Phi) is 5.86. The molecule has 0 aliphatic heterocycles. The topological polar surface area (TPSA) is 44.5 Å². The lowest BCUT2D eigenvalue weighted by molar-refractivity contribution is 0.0884. The quantitative estimate of drug-likeness (QED) is 0.748. The van der Waals surface area contributed by atoms with E-state index < -0.39 is 11.6 Å². The molecule has 1 unspecified atom stereocenters. The molecule has 0 aromatic heterocycles. The van der Waals surface area contributed by atoms with Crippen LogP contribution in [0.3, 0.4) is 0 Å². The number of hydrogen-bond donors (Lipinski definition) is 1. The zero-order valence-electron chi connectivity index (χ0n) is 9.79. The molecule has 2 N–H and O–H groups in total. The number of halogens is 2. The van der Waals surface area contributed by atoms with Crippen molar-refractivity contribution in [2.75, 3.05) is 19.8 Å². The second kappa shape index (κ2) is 7.19. The molecule has 0 amide bonds. The number of ether oxygens (including phenoxy) is 2. The van der Waals surface area contributed by atoms with E-state index >= 15 is 0 Å². The highest BCUT2D eigenvalue weighted by molar-refractivity contribution is 5.24. The second-order valence-corrected chi connectivity index (χ2v) is 3.67. The summed E-state index contributed by atoms with van der Waals surface area (Å²) in [6.07, 6.45) is 0.841. The lowest BCUT2D eigenvalue weighted by Gasteiger charge is -2.10. The summed E-state index contributed by atoms with van der Waals surface area (Å²) < 4.78 is 36.0. The smallest absolute Gasteiger partial charge is 0.167 e. The monoisotopic (exact) mass is 245 g/mol. The van der Waals surface area contributed by atoms with E-state index in [9.17, 15) is 8.78 Å². The van der Waals surface area contributed by atoms with Gasteiger partial charge in [-0.05, 0) is 18.6 Å². The number of nitrogens with two attached hydrogens (primary N) is 1. The van der Waals surface area contributed by atoms with Gasteiger partial charge in [-0.2, -0.15) is 0 Å². The summed E-state index contributed by atoms with van der Waals surface area (Å²) in [5.41, 5.74) is 5.64. The highest BCUT2D eigenvalue weighted by Gasteiger charge is 2.04. The molecule has 1 atom stereocenters. The first-order valence-electron chi connectivity index (χ1n) is 5.54. The highest BCUT2D eigenvalue weighted by atomic mass is 19.1. The van der Waals surface area contributed by atoms with Crippen molar-refractivity contribution >= 4 is 0 Å². The Bertz CT molecular complexity index is 347. The summed E-state index contributed by atoms with van der Waals surface area (Å²) in [4.78, 5) is 0. The van der Waals surface area contributed by atoms with E-state index in [4.69, 9.17) is 15.2 Å². The molecular weight excluding hydrogens is 228 g/mol. The molecule has 1 rings (SSSR count). The Morgan fingerprint density at radius 3 is 2.71 bits per heavy atom. The van der Waals surface area contributed by atoms with E-state index in [0.29, 0.717) is 13.2 Å². The average molecular weight is 245 g/mol. The third-order valence-electron chi connectivity index (χ3n) is 2.24. The number of hydrogen-bond acceptors (Lipinski definition) is 3. The van der Waals surface area contributed by atoms with Crippen LogP contribution in [0.1, 0.15) is 13.3 Å². The van der Waals surface area contributed by atoms with Crippen molar-refractivity contribution in [1.29, 1.82) is 0 Å². The van der Waals surface area contributed by atoms with E-state index in [2.05, 4.69) is 0 Å². The van der Waals surface area contributed by atoms with Gasteiger partial charge in [-0.15, -0.1) is 0 Å². The van der Waals surface area contributed by atoms with Crippen molar-refractivity contribution in [3.8, 4) is 5.75 Å². The maximum Gasteiger partial charge on any atom is 0.167 e. The van der Waals surface area contributed by atoms with Crippen LogP contribution < -0.4 is 10.5 Å². The molecule has 1 aromatic carbocycles. The summed E-state index contributed by atoms with van der Waals surface area (Å²) in [6, 6.07) is 3.19. The molecule has 0 saturated carbocycles. The largest absolute Gasteiger partial charge is 0.488 e. The lowest BCUT2D eigenvalue weighted by atomic mass is 10.3. The SMILES string of the molecule is CCC(N)COCCOc1ccc(F)cc1F. The molecule has 0 bridgehead atoms. The standard InChI is InChI=1S/C12H17F2NO2/c1-2-10(15)8-16-5-6-17-12-4-3-9(13)7-11(12)14/h3-4,7,10H,2,5-6,8,15H2,1H3. The number of benzene rings is 1. The molecule has 17 heavy (non-hydrogen) atoms. The van der Waals surface area contributed by atoms with Crippen LogP contribution in [0.15, 0.2) is 18.2 Å². The first-order chi connectivity index (χ1) is 8.13. The van der Waals surface area contributed by atoms with Crippen LogP contribution in [0.25, 0.3) is 0 Å². The van der Waals surface area contributed by atoms with Gasteiger partial charge in [0.15, 0.2) is 11.6 Å². The highest BCUT2D eigenvalue weighted by Crippen LogP contribution is 2.17. The predicted molar refractivity (Wildman–Crippen MR) is 60.9 cm³/mol. The van der Waals surface area contributed by atoms with Gasteiger partial charge in [-0.3, -0.25) is 0 Å². The van der Waals surface area contributed by atoms with Crippen molar-refractivity contribution < 1.29 is 18.3 Å². The molecule has 0 aliphatic rings. The zero-order chi connectivity index (χ0) is 12.7. The summed E-state index contributed by atoms with van der Waals surface area (Å²) in [7, 11) is 0. The third-order valence-corrected chi connectivity index (χ3v) is 2.24. The summed E-state index contributed by atoms with van der Waals surface area (Å²) in [5.74, 6) is -1.31. The summed E-state index contributed by atoms with van der Waals surface area (Å²) in [6.45, 7) is 2.95. The van der Waals surface area contributed by atoms with Gasteiger partial charge in [-0.1, -0.05) is 6.92 Å². The van der Waals surface area contributed by atoms with E-state index in [1.165, 1.54) is 6.07 Å². The van der Waals surface area contributed by atoms with Crippen LogP contribution in [0.4, 0.5) is 8.78 Å². The Morgan fingerprint density at radius 1 is 1.29 bits per heavy atom. The molecule has 3 nitrogen and oxygen atoms in total. The van der Waals surface area contributed by atoms with Gasteiger partial charge in [0.25, 0.3) is 0 Å². The van der Waals surface area contributed by atoms with Gasteiger partial charge < -0.3 is 15.2 Å². The minimum Gasteiger partial charge on any atom is -0.488 e. The van der Waals surface area contributed by atoms with Crippen LogP contribution in [0.5, 0.6) is 5.75 Å². The first kappa shape index (κ1) is 13.9. The minimum atomic E-state index is -0.713. The molecule has 0 spiro atoms. The Balaban J connectivity index is 2.22. The Morgan fingerprint density at radius 2 is 2.06 bits per heavy atom. The van der Waals surface area contributed by atoms with E-state index in [-0.39, 0.29) is 18.4 Å². The predicted octanol–water partition coefficient (Wildman–Crippen LogP) is 2.10. The zero-order valence-corrected chi connectivity index (χ0v) is 9.79. The molecule has 0 fully saturated rings. The van der Waals surface area contributed by atoms with E-state index in [1.807, 2.05) is 6.92 Å². The summed E-state index contributed by atoms with van der Waals surface area (Å²) >= 11 is 0. The van der Waals surface area contributed by atoms with Crippen molar-refractivity contribution in [2.45, 2.75) is 19.4 Å². The fourth-order valence-electron chi connectivity index (χ4n) is 1.16. The fraction of sp³-hybridized carbons (Fsp3) is 0.500. The van der Waals surface area contributed by atoms with Crippen LogP contribution in [0.2, 0.25) is 0 Å². The molecule has 96 valence electrons. The molecule has 0 aliphatic carbocycles. The molecule has 1 aromatic rings. The van der Waals surface area contributed by atoms with Crippen LogP contribution >= 0.6 is 0 Å². The normalized spacial score (nSPS) is 12.5. The van der Waals surface area contributed by atoms with Gasteiger partial charge >= 0.3 is 0 Å². The molecule has 0 radical (unpaired) electrons. The molecule has 5 heteroatoms. The molecule has 0 saturated heterocycles. The minimum absolute atomic E-state index is 0.0116. The van der Waals surface area contributed by atoms with Crippen LogP contribution in [-0.2, 0) is 4.74 Å². The Hall–Kier alpha value is -1.20. The second-order valence-electron chi connectivity index (χ2n) is 3.67. The molecule has 0 heterocycles. The van der Waals surface area contributed by atoms with Gasteiger partial charge in [-0.25, -0.2) is 8.78 Å². The Labute approximate surface area is 99.5 Å². The van der Waals surface area contributed by atoms with Crippen molar-refractivity contribution in [1.82, 2.24) is 0 Å². The third kappa shape index (κ3) is 5.10. The summed E-state index contributed by atoms with van der Waals surface area (Å²) in [5, 5.41) is 0. The van der Waals surface area contributed by atoms with Crippen molar-refractivity contribution in [2.24, 2.45) is 5.73 Å².